The minimum atomic E-state index is -0.620. The molecular formula is C32H55ClN4O11. The topological polar surface area (TPSA) is 172 Å². The lowest BCUT2D eigenvalue weighted by Gasteiger charge is -2.25. The van der Waals surface area contributed by atoms with Gasteiger partial charge >= 0.3 is 18.3 Å². The Labute approximate surface area is 289 Å². The van der Waals surface area contributed by atoms with E-state index in [1.54, 1.807) is 23.1 Å². The fourth-order valence-corrected chi connectivity index (χ4v) is 4.19. The van der Waals surface area contributed by atoms with E-state index in [4.69, 9.17) is 44.8 Å². The number of rotatable bonds is 28. The molecule has 0 saturated carbocycles. The summed E-state index contributed by atoms with van der Waals surface area (Å²) in [6, 6.07) is 0. The first-order valence-corrected chi connectivity index (χ1v) is 17.3. The van der Waals surface area contributed by atoms with Gasteiger partial charge in [0.15, 0.2) is 0 Å². The Bertz CT molecular complexity index is 905. The third-order valence-electron chi connectivity index (χ3n) is 6.49. The fraction of sp³-hybridized carbons (Fsp3) is 0.750. The molecule has 0 aromatic heterocycles. The van der Waals surface area contributed by atoms with Crippen molar-refractivity contribution >= 4 is 35.8 Å². The number of nitrogens with zero attached hydrogens (tertiary/aromatic N) is 1. The van der Waals surface area contributed by atoms with E-state index >= 15 is 0 Å². The zero-order valence-electron chi connectivity index (χ0n) is 28.1. The zero-order valence-corrected chi connectivity index (χ0v) is 28.9. The lowest BCUT2D eigenvalue weighted by Crippen LogP contribution is -2.34. The number of amides is 4. The van der Waals surface area contributed by atoms with Crippen LogP contribution in [-0.4, -0.2) is 140 Å². The monoisotopic (exact) mass is 706 g/mol. The van der Waals surface area contributed by atoms with Crippen LogP contribution in [0.4, 0.5) is 14.4 Å². The van der Waals surface area contributed by atoms with Crippen molar-refractivity contribution in [1.29, 1.82) is 0 Å². The molecule has 1 saturated heterocycles. The summed E-state index contributed by atoms with van der Waals surface area (Å²) in [6.07, 6.45) is 11.9. The van der Waals surface area contributed by atoms with Gasteiger partial charge in [0.1, 0.15) is 19.8 Å². The molecule has 276 valence electrons. The number of alkyl carbamates (subject to hydrolysis) is 3. The Morgan fingerprint density at radius 1 is 0.562 bits per heavy atom. The first-order chi connectivity index (χ1) is 23.5. The third kappa shape index (κ3) is 28.0. The SMILES string of the molecule is O=C(NC/C=C/C(=O)N1CCCCC1)OC/C=C/COC(=O)NCCOCCOCCOC(=O)NCCOCCOCCCCCCCl. The maximum atomic E-state index is 12.0. The van der Waals surface area contributed by atoms with Crippen molar-refractivity contribution in [3.8, 4) is 0 Å². The maximum Gasteiger partial charge on any atom is 0.407 e. The predicted octanol–water partition coefficient (Wildman–Crippen LogP) is 3.16. The highest BCUT2D eigenvalue weighted by Crippen LogP contribution is 2.08. The van der Waals surface area contributed by atoms with Gasteiger partial charge in [0.2, 0.25) is 5.91 Å². The summed E-state index contributed by atoms with van der Waals surface area (Å²) in [6.45, 7) is 5.61. The molecule has 0 unspecified atom stereocenters. The molecule has 1 aliphatic rings. The number of likely N-dealkylation sites (tertiary alicyclic amines) is 1. The minimum absolute atomic E-state index is 0.00561. The Morgan fingerprint density at radius 2 is 1.08 bits per heavy atom. The lowest BCUT2D eigenvalue weighted by atomic mass is 10.1. The van der Waals surface area contributed by atoms with Gasteiger partial charge in [-0.25, -0.2) is 14.4 Å². The Hall–Kier alpha value is -3.11. The van der Waals surface area contributed by atoms with E-state index in [-0.39, 0.29) is 52.0 Å². The van der Waals surface area contributed by atoms with Crippen LogP contribution in [0.2, 0.25) is 0 Å². The summed E-state index contributed by atoms with van der Waals surface area (Å²) in [4.78, 5) is 48.8. The molecule has 0 radical (unpaired) electrons. The molecule has 48 heavy (non-hydrogen) atoms. The molecule has 3 N–H and O–H groups in total. The highest BCUT2D eigenvalue weighted by atomic mass is 35.5. The van der Waals surface area contributed by atoms with Crippen LogP contribution in [0, 0.1) is 0 Å². The van der Waals surface area contributed by atoms with Crippen molar-refractivity contribution in [2.75, 3.05) is 111 Å². The van der Waals surface area contributed by atoms with Crippen LogP contribution in [0.15, 0.2) is 24.3 Å². The van der Waals surface area contributed by atoms with Crippen molar-refractivity contribution in [1.82, 2.24) is 20.9 Å². The number of unbranched alkanes of at least 4 members (excludes halogenated alkanes) is 3. The second kappa shape index (κ2) is 32.4. The van der Waals surface area contributed by atoms with Crippen LogP contribution in [0.25, 0.3) is 0 Å². The maximum absolute atomic E-state index is 12.0. The second-order valence-electron chi connectivity index (χ2n) is 10.4. The number of piperidine rings is 1. The number of nitrogens with one attached hydrogen (secondary N) is 3. The highest BCUT2D eigenvalue weighted by Gasteiger charge is 2.13. The smallest absolute Gasteiger partial charge is 0.407 e. The van der Waals surface area contributed by atoms with Gasteiger partial charge in [-0.05, 0) is 44.3 Å². The van der Waals surface area contributed by atoms with Gasteiger partial charge in [-0.2, -0.15) is 0 Å². The van der Waals surface area contributed by atoms with Crippen molar-refractivity contribution < 1.29 is 52.3 Å². The number of hydrogen-bond donors (Lipinski definition) is 3. The summed E-state index contributed by atoms with van der Waals surface area (Å²) < 4.78 is 36.5. The lowest BCUT2D eigenvalue weighted by molar-refractivity contribution is -0.126. The molecule has 0 bridgehead atoms. The number of ether oxygens (including phenoxy) is 7. The molecule has 1 heterocycles. The molecule has 0 atom stereocenters. The number of alkyl halides is 1. The third-order valence-corrected chi connectivity index (χ3v) is 6.76. The van der Waals surface area contributed by atoms with Crippen LogP contribution in [0.5, 0.6) is 0 Å². The van der Waals surface area contributed by atoms with E-state index in [1.165, 1.54) is 6.08 Å². The van der Waals surface area contributed by atoms with Crippen LogP contribution in [0.3, 0.4) is 0 Å². The fourth-order valence-electron chi connectivity index (χ4n) is 4.00. The Morgan fingerprint density at radius 3 is 1.71 bits per heavy atom. The van der Waals surface area contributed by atoms with Gasteiger partial charge < -0.3 is 54.0 Å². The molecule has 0 aliphatic carbocycles. The van der Waals surface area contributed by atoms with Crippen LogP contribution in [-0.2, 0) is 38.0 Å². The molecule has 1 aliphatic heterocycles. The quantitative estimate of drug-likeness (QED) is 0.0359. The van der Waals surface area contributed by atoms with Crippen LogP contribution >= 0.6 is 11.6 Å². The molecule has 4 amide bonds. The van der Waals surface area contributed by atoms with Crippen molar-refractivity contribution in [2.24, 2.45) is 0 Å². The van der Waals surface area contributed by atoms with E-state index in [1.807, 2.05) is 0 Å². The number of hydrogen-bond acceptors (Lipinski definition) is 11. The first-order valence-electron chi connectivity index (χ1n) is 16.7. The average Bonchev–Trinajstić information content (AvgIpc) is 3.09. The van der Waals surface area contributed by atoms with Gasteiger partial charge in [-0.1, -0.05) is 18.9 Å². The summed E-state index contributed by atoms with van der Waals surface area (Å²) in [5.74, 6) is 0.660. The summed E-state index contributed by atoms with van der Waals surface area (Å²) in [5, 5.41) is 7.66. The van der Waals surface area contributed by atoms with Crippen molar-refractivity contribution in [3.63, 3.8) is 0 Å². The van der Waals surface area contributed by atoms with E-state index < -0.39 is 18.3 Å². The Kier molecular flexibility index (Phi) is 29.0. The number of carbonyl (C=O) groups is 4. The Balaban J connectivity index is 1.81. The van der Waals surface area contributed by atoms with Crippen molar-refractivity contribution in [2.45, 2.75) is 44.9 Å². The van der Waals surface area contributed by atoms with E-state index in [0.29, 0.717) is 52.1 Å². The number of halogens is 1. The summed E-state index contributed by atoms with van der Waals surface area (Å²) in [7, 11) is 0. The molecule has 0 spiro atoms. The minimum Gasteiger partial charge on any atom is -0.447 e. The zero-order chi connectivity index (χ0) is 34.8. The van der Waals surface area contributed by atoms with Gasteiger partial charge in [-0.15, -0.1) is 11.6 Å². The van der Waals surface area contributed by atoms with Gasteiger partial charge in [0.25, 0.3) is 0 Å². The van der Waals surface area contributed by atoms with Gasteiger partial charge in [0, 0.05) is 51.3 Å². The van der Waals surface area contributed by atoms with E-state index in [9.17, 15) is 19.2 Å². The summed E-state index contributed by atoms with van der Waals surface area (Å²) in [5.41, 5.74) is 0. The van der Waals surface area contributed by atoms with Crippen LogP contribution < -0.4 is 16.0 Å². The molecule has 16 heteroatoms. The van der Waals surface area contributed by atoms with Crippen molar-refractivity contribution in [3.05, 3.63) is 24.3 Å². The molecule has 0 aromatic carbocycles. The largest absolute Gasteiger partial charge is 0.447 e. The predicted molar refractivity (Wildman–Crippen MR) is 179 cm³/mol. The van der Waals surface area contributed by atoms with Gasteiger partial charge in [-0.3, -0.25) is 4.79 Å². The second-order valence-corrected chi connectivity index (χ2v) is 10.8. The average molecular weight is 707 g/mol. The molecule has 0 aromatic rings. The van der Waals surface area contributed by atoms with Crippen LogP contribution in [0.1, 0.15) is 44.9 Å². The molecule has 1 rings (SSSR count). The first kappa shape index (κ1) is 42.9. The highest BCUT2D eigenvalue weighted by molar-refractivity contribution is 6.17. The normalized spacial score (nSPS) is 13.1. The molecule has 15 nitrogen and oxygen atoms in total. The number of carbonyl (C=O) groups excluding carboxylic acids is 4. The standard InChI is InChI=1S/C32H55ClN4O11/c33-12-4-1-2-7-18-42-23-24-43-22-15-36-32(41)48-28-27-45-26-25-44-21-14-35-31(40)47-20-9-8-19-46-30(39)34-13-10-11-29(38)37-16-5-3-6-17-37/h8-11H,1-7,12-28H2,(H,34,39)(H,35,40)(H,36,41)/b9-8+,11-10+. The van der Waals surface area contributed by atoms with Gasteiger partial charge in [0.05, 0.1) is 46.2 Å². The summed E-state index contributed by atoms with van der Waals surface area (Å²) >= 11 is 5.64. The van der Waals surface area contributed by atoms with E-state index in [0.717, 1.165) is 58.0 Å². The van der Waals surface area contributed by atoms with E-state index in [2.05, 4.69) is 16.0 Å². The molecular weight excluding hydrogens is 652 g/mol. The molecule has 1 fully saturated rings.